The van der Waals surface area contributed by atoms with Crippen molar-refractivity contribution in [3.05, 3.63) is 58.2 Å². The molecular formula is C29H34O3. The van der Waals surface area contributed by atoms with Crippen LogP contribution in [-0.4, -0.2) is 24.8 Å². The van der Waals surface area contributed by atoms with Crippen LogP contribution in [0.2, 0.25) is 0 Å². The minimum absolute atomic E-state index is 0.149. The Balaban J connectivity index is 1.34. The van der Waals surface area contributed by atoms with Gasteiger partial charge >= 0.3 is 0 Å². The van der Waals surface area contributed by atoms with E-state index >= 15 is 0 Å². The van der Waals surface area contributed by atoms with Crippen molar-refractivity contribution in [1.82, 2.24) is 0 Å². The molecule has 4 fully saturated rings. The number of carbonyl (C=O) groups excluding carboxylic acids is 1. The summed E-state index contributed by atoms with van der Waals surface area (Å²) in [6.45, 7) is 3.70. The number of carbonyl (C=O) groups is 1. The van der Waals surface area contributed by atoms with Crippen LogP contribution in [0.3, 0.4) is 0 Å². The van der Waals surface area contributed by atoms with E-state index in [1.165, 1.54) is 36.0 Å². The molecule has 1 spiro atoms. The molecule has 4 atom stereocenters. The van der Waals surface area contributed by atoms with Gasteiger partial charge in [0.25, 0.3) is 0 Å². The molecule has 1 heterocycles. The quantitative estimate of drug-likeness (QED) is 0.560. The van der Waals surface area contributed by atoms with Crippen LogP contribution >= 0.6 is 0 Å². The number of rotatable bonds is 2. The van der Waals surface area contributed by atoms with E-state index in [1.54, 1.807) is 11.1 Å². The molecule has 0 aromatic heterocycles. The van der Waals surface area contributed by atoms with Gasteiger partial charge in [-0.05, 0) is 91.0 Å². The van der Waals surface area contributed by atoms with Gasteiger partial charge in [-0.25, -0.2) is 0 Å². The highest BCUT2D eigenvalue weighted by Crippen LogP contribution is 2.63. The van der Waals surface area contributed by atoms with Gasteiger partial charge in [-0.3, -0.25) is 4.79 Å². The lowest BCUT2D eigenvalue weighted by atomic mass is 9.53. The molecule has 7 rings (SSSR count). The van der Waals surface area contributed by atoms with Crippen LogP contribution in [0.1, 0.15) is 87.7 Å². The van der Waals surface area contributed by atoms with Crippen molar-refractivity contribution < 1.29 is 14.3 Å². The van der Waals surface area contributed by atoms with E-state index < -0.39 is 5.79 Å². The van der Waals surface area contributed by atoms with E-state index in [-0.39, 0.29) is 5.41 Å². The minimum atomic E-state index is -0.472. The third-order valence-corrected chi connectivity index (χ3v) is 9.77. The molecule has 3 heteroatoms. The third kappa shape index (κ3) is 2.83. The first-order valence-corrected chi connectivity index (χ1v) is 12.9. The SMILES string of the molecule is C[C@]12C[C@H](c3ccc(C4CC4)cc3)C3=C4CCC5(C=C4CC[C@H]3[C@@H]1CCC2=O)OCCO5. The summed E-state index contributed by atoms with van der Waals surface area (Å²) < 4.78 is 12.1. The summed E-state index contributed by atoms with van der Waals surface area (Å²) in [5, 5.41) is 0. The standard InChI is InChI=1S/C29H34O3/c1-28-17-24(20-6-4-19(5-7-20)18-2-3-18)27-22-12-13-29(31-14-15-32-29)16-21(22)8-9-23(27)25(28)10-11-26(28)30/h4-7,16,18,23-25H,2-3,8-15,17H2,1H3/t23-,24+,25-,28-/m0/s1. The Labute approximate surface area is 191 Å². The molecule has 1 aliphatic heterocycles. The second kappa shape index (κ2) is 6.90. The van der Waals surface area contributed by atoms with Gasteiger partial charge < -0.3 is 9.47 Å². The average Bonchev–Trinajstić information content (AvgIpc) is 3.50. The maximum atomic E-state index is 13.1. The first-order valence-electron chi connectivity index (χ1n) is 12.9. The molecule has 1 aromatic rings. The summed E-state index contributed by atoms with van der Waals surface area (Å²) in [7, 11) is 0. The molecule has 5 aliphatic carbocycles. The number of benzene rings is 1. The lowest BCUT2D eigenvalue weighted by Crippen LogP contribution is -2.44. The van der Waals surface area contributed by atoms with Crippen molar-refractivity contribution in [2.75, 3.05) is 13.2 Å². The van der Waals surface area contributed by atoms with E-state index in [2.05, 4.69) is 37.3 Å². The van der Waals surface area contributed by atoms with Gasteiger partial charge in [0, 0.05) is 24.2 Å². The van der Waals surface area contributed by atoms with E-state index in [0.717, 1.165) is 44.4 Å². The van der Waals surface area contributed by atoms with Gasteiger partial charge in [-0.2, -0.15) is 0 Å². The fourth-order valence-electron chi connectivity index (χ4n) is 7.97. The molecular weight excluding hydrogens is 396 g/mol. The van der Waals surface area contributed by atoms with Crippen LogP contribution in [0, 0.1) is 17.3 Å². The summed E-state index contributed by atoms with van der Waals surface area (Å²) in [6, 6.07) is 9.51. The zero-order valence-corrected chi connectivity index (χ0v) is 19.2. The molecule has 0 radical (unpaired) electrons. The summed E-state index contributed by atoms with van der Waals surface area (Å²) in [4.78, 5) is 13.1. The highest BCUT2D eigenvalue weighted by atomic mass is 16.7. The molecule has 6 aliphatic rings. The maximum Gasteiger partial charge on any atom is 0.188 e. The summed E-state index contributed by atoms with van der Waals surface area (Å²) >= 11 is 0. The van der Waals surface area contributed by atoms with Gasteiger partial charge in [0.05, 0.1) is 13.2 Å². The number of hydrogen-bond acceptors (Lipinski definition) is 3. The van der Waals surface area contributed by atoms with Gasteiger partial charge in [-0.15, -0.1) is 0 Å². The van der Waals surface area contributed by atoms with E-state index in [0.29, 0.717) is 36.8 Å². The summed E-state index contributed by atoms with van der Waals surface area (Å²) in [5.41, 5.74) is 7.51. The summed E-state index contributed by atoms with van der Waals surface area (Å²) in [6.07, 6.45) is 12.1. The predicted octanol–water partition coefficient (Wildman–Crippen LogP) is 6.21. The number of ketones is 1. The molecule has 3 nitrogen and oxygen atoms in total. The first-order chi connectivity index (χ1) is 15.6. The second-order valence-electron chi connectivity index (χ2n) is 11.4. The number of hydrogen-bond donors (Lipinski definition) is 0. The smallest absolute Gasteiger partial charge is 0.188 e. The number of allylic oxidation sites excluding steroid dienone is 3. The highest BCUT2D eigenvalue weighted by molar-refractivity contribution is 5.87. The Morgan fingerprint density at radius 3 is 2.41 bits per heavy atom. The number of fused-ring (bicyclic) bond motifs is 4. The topological polar surface area (TPSA) is 35.5 Å². The highest BCUT2D eigenvalue weighted by Gasteiger charge is 2.57. The Hall–Kier alpha value is -1.71. The van der Waals surface area contributed by atoms with Crippen molar-refractivity contribution in [2.24, 2.45) is 17.3 Å². The van der Waals surface area contributed by atoms with Crippen LogP contribution in [0.25, 0.3) is 0 Å². The van der Waals surface area contributed by atoms with Gasteiger partial charge in [0.2, 0.25) is 0 Å². The maximum absolute atomic E-state index is 13.1. The Kier molecular flexibility index (Phi) is 4.25. The molecule has 1 saturated heterocycles. The predicted molar refractivity (Wildman–Crippen MR) is 123 cm³/mol. The second-order valence-corrected chi connectivity index (χ2v) is 11.4. The zero-order valence-electron chi connectivity index (χ0n) is 19.2. The van der Waals surface area contributed by atoms with Crippen molar-refractivity contribution in [3.63, 3.8) is 0 Å². The van der Waals surface area contributed by atoms with Crippen molar-refractivity contribution in [3.8, 4) is 0 Å². The van der Waals surface area contributed by atoms with Gasteiger partial charge in [-0.1, -0.05) is 36.8 Å². The fraction of sp³-hybridized carbons (Fsp3) is 0.621. The third-order valence-electron chi connectivity index (χ3n) is 9.77. The van der Waals surface area contributed by atoms with Crippen LogP contribution < -0.4 is 0 Å². The van der Waals surface area contributed by atoms with Gasteiger partial charge in [0.15, 0.2) is 5.79 Å². The molecule has 32 heavy (non-hydrogen) atoms. The normalized spacial score (nSPS) is 37.8. The van der Waals surface area contributed by atoms with Crippen LogP contribution in [0.4, 0.5) is 0 Å². The van der Waals surface area contributed by atoms with E-state index in [9.17, 15) is 4.79 Å². The van der Waals surface area contributed by atoms with Crippen LogP contribution in [0.5, 0.6) is 0 Å². The average molecular weight is 431 g/mol. The Morgan fingerprint density at radius 1 is 0.906 bits per heavy atom. The van der Waals surface area contributed by atoms with Crippen molar-refractivity contribution >= 4 is 5.78 Å². The molecule has 0 bridgehead atoms. The number of Topliss-reactive ketones (excluding diaryl/α,β-unsaturated/α-hetero) is 1. The largest absolute Gasteiger partial charge is 0.344 e. The summed E-state index contributed by atoms with van der Waals surface area (Å²) in [5.74, 6) is 2.28. The van der Waals surface area contributed by atoms with E-state index in [1.807, 2.05) is 0 Å². The molecule has 168 valence electrons. The van der Waals surface area contributed by atoms with Crippen molar-refractivity contribution in [2.45, 2.75) is 82.3 Å². The van der Waals surface area contributed by atoms with Crippen molar-refractivity contribution in [1.29, 1.82) is 0 Å². The van der Waals surface area contributed by atoms with E-state index in [4.69, 9.17) is 9.47 Å². The zero-order chi connectivity index (χ0) is 21.5. The van der Waals surface area contributed by atoms with Gasteiger partial charge in [0.1, 0.15) is 5.78 Å². The lowest BCUT2D eigenvalue weighted by Gasteiger charge is -2.51. The Bertz CT molecular complexity index is 1020. The monoisotopic (exact) mass is 430 g/mol. The molecule has 3 saturated carbocycles. The van der Waals surface area contributed by atoms with Crippen LogP contribution in [0.15, 0.2) is 47.1 Å². The lowest BCUT2D eigenvalue weighted by molar-refractivity contribution is -0.128. The first kappa shape index (κ1) is 19.7. The van der Waals surface area contributed by atoms with Crippen LogP contribution in [-0.2, 0) is 14.3 Å². The minimum Gasteiger partial charge on any atom is -0.344 e. The molecule has 0 unspecified atom stereocenters. The fourth-order valence-corrected chi connectivity index (χ4v) is 7.97. The Morgan fingerprint density at radius 2 is 1.66 bits per heavy atom. The molecule has 1 aromatic carbocycles. The molecule has 0 N–H and O–H groups in total. The number of ether oxygens (including phenoxy) is 2. The molecule has 0 amide bonds.